The van der Waals surface area contributed by atoms with Crippen molar-refractivity contribution in [1.29, 1.82) is 0 Å². The number of hydrogen-bond donors (Lipinski definition) is 2. The molecular weight excluding hydrogens is 495 g/mol. The number of aromatic nitrogens is 2. The van der Waals surface area contributed by atoms with E-state index in [2.05, 4.69) is 20.6 Å². The minimum atomic E-state index is -2.62. The van der Waals surface area contributed by atoms with Gasteiger partial charge in [-0.25, -0.2) is 4.98 Å². The maximum absolute atomic E-state index is 12.9. The maximum atomic E-state index is 12.9. The molecule has 1 aromatic heterocycles. The van der Waals surface area contributed by atoms with Gasteiger partial charge in [0.25, 0.3) is 0 Å². The van der Waals surface area contributed by atoms with Crippen LogP contribution in [-0.2, 0) is 17.8 Å². The molecule has 1 unspecified atom stereocenters. The van der Waals surface area contributed by atoms with Crippen molar-refractivity contribution < 1.29 is 18.3 Å². The summed E-state index contributed by atoms with van der Waals surface area (Å²) >= 11 is 0. The van der Waals surface area contributed by atoms with E-state index in [1.165, 1.54) is 12.4 Å². The Bertz CT molecular complexity index is 810. The van der Waals surface area contributed by atoms with Crippen molar-refractivity contribution in [3.63, 3.8) is 0 Å². The number of guanidine groups is 1. The minimum Gasteiger partial charge on any atom is -0.488 e. The molecule has 0 spiro atoms. The van der Waals surface area contributed by atoms with Gasteiger partial charge < -0.3 is 20.1 Å². The fourth-order valence-corrected chi connectivity index (χ4v) is 2.92. The Hall–Kier alpha value is -1.95. The second-order valence-corrected chi connectivity index (χ2v) is 6.52. The number of nitrogens with zero attached hydrogens (tertiary/aromatic N) is 3. The van der Waals surface area contributed by atoms with Gasteiger partial charge in [-0.1, -0.05) is 12.1 Å². The average Bonchev–Trinajstić information content (AvgIpc) is 3.35. The lowest BCUT2D eigenvalue weighted by Crippen LogP contribution is -2.37. The zero-order valence-corrected chi connectivity index (χ0v) is 18.7. The molecule has 2 N–H and O–H groups in total. The van der Waals surface area contributed by atoms with E-state index < -0.39 is 6.55 Å². The van der Waals surface area contributed by atoms with E-state index in [1.54, 1.807) is 7.05 Å². The van der Waals surface area contributed by atoms with Crippen molar-refractivity contribution >= 4 is 29.9 Å². The number of hydrogen-bond acceptors (Lipinski definition) is 4. The molecule has 3 rings (SSSR count). The molecule has 1 saturated heterocycles. The van der Waals surface area contributed by atoms with E-state index in [1.807, 2.05) is 25.1 Å². The number of benzene rings is 1. The summed E-state index contributed by atoms with van der Waals surface area (Å²) < 4.78 is 38.1. The molecule has 1 aliphatic rings. The van der Waals surface area contributed by atoms with Crippen LogP contribution < -0.4 is 15.4 Å². The smallest absolute Gasteiger partial charge is 0.319 e. The van der Waals surface area contributed by atoms with Crippen LogP contribution in [0.5, 0.6) is 5.75 Å². The number of nitrogens with one attached hydrogen (secondary N) is 2. The first-order valence-corrected chi connectivity index (χ1v) is 9.15. The summed E-state index contributed by atoms with van der Waals surface area (Å²) in [6.45, 7) is 1.32. The molecular formula is C19H26F2IN5O2. The summed E-state index contributed by atoms with van der Waals surface area (Å²) in [5.41, 5.74) is 2.09. The molecule has 0 bridgehead atoms. The van der Waals surface area contributed by atoms with Crippen LogP contribution in [0.3, 0.4) is 0 Å². The Morgan fingerprint density at radius 2 is 2.17 bits per heavy atom. The molecule has 29 heavy (non-hydrogen) atoms. The van der Waals surface area contributed by atoms with E-state index >= 15 is 0 Å². The van der Waals surface area contributed by atoms with Gasteiger partial charge in [0.05, 0.1) is 19.8 Å². The lowest BCUT2D eigenvalue weighted by Gasteiger charge is -2.18. The van der Waals surface area contributed by atoms with Gasteiger partial charge in [-0.15, -0.1) is 24.0 Å². The monoisotopic (exact) mass is 521 g/mol. The number of alkyl halides is 2. The highest BCUT2D eigenvalue weighted by Gasteiger charge is 2.19. The van der Waals surface area contributed by atoms with Crippen LogP contribution in [-0.4, -0.2) is 41.9 Å². The van der Waals surface area contributed by atoms with Gasteiger partial charge in [-0.2, -0.15) is 8.78 Å². The van der Waals surface area contributed by atoms with E-state index in [0.29, 0.717) is 19.1 Å². The molecule has 1 atom stereocenters. The van der Waals surface area contributed by atoms with Crippen LogP contribution in [0.25, 0.3) is 0 Å². The van der Waals surface area contributed by atoms with Gasteiger partial charge in [-0.05, 0) is 18.6 Å². The lowest BCUT2D eigenvalue weighted by molar-refractivity contribution is 0.0668. The maximum Gasteiger partial charge on any atom is 0.319 e. The summed E-state index contributed by atoms with van der Waals surface area (Å²) in [5, 5.41) is 6.19. The zero-order valence-electron chi connectivity index (χ0n) is 16.4. The van der Waals surface area contributed by atoms with Crippen LogP contribution >= 0.6 is 24.0 Å². The summed E-state index contributed by atoms with van der Waals surface area (Å²) in [4.78, 5) is 8.09. The van der Waals surface area contributed by atoms with Crippen LogP contribution in [0.1, 0.15) is 29.9 Å². The van der Waals surface area contributed by atoms with Crippen LogP contribution in [0.2, 0.25) is 0 Å². The first-order valence-electron chi connectivity index (χ1n) is 9.15. The van der Waals surface area contributed by atoms with Crippen molar-refractivity contribution in [2.45, 2.75) is 39.1 Å². The molecule has 7 nitrogen and oxygen atoms in total. The number of aliphatic imine (C=N–C) groups is 1. The van der Waals surface area contributed by atoms with Gasteiger partial charge in [-0.3, -0.25) is 9.56 Å². The fraction of sp³-hybridized carbons (Fsp3) is 0.474. The Kier molecular flexibility index (Phi) is 9.08. The first kappa shape index (κ1) is 23.3. The Morgan fingerprint density at radius 3 is 2.86 bits per heavy atom. The largest absolute Gasteiger partial charge is 0.488 e. The van der Waals surface area contributed by atoms with E-state index in [9.17, 15) is 8.78 Å². The van der Waals surface area contributed by atoms with E-state index in [0.717, 1.165) is 34.5 Å². The van der Waals surface area contributed by atoms with E-state index in [4.69, 9.17) is 9.47 Å². The third-order valence-corrected chi connectivity index (χ3v) is 4.45. The highest BCUT2D eigenvalue weighted by atomic mass is 127. The average molecular weight is 521 g/mol. The van der Waals surface area contributed by atoms with Crippen molar-refractivity contribution in [2.75, 3.05) is 20.3 Å². The zero-order chi connectivity index (χ0) is 19.9. The topological polar surface area (TPSA) is 72.7 Å². The number of halogens is 3. The number of aryl methyl sites for hydroxylation is 1. The van der Waals surface area contributed by atoms with Crippen molar-refractivity contribution in [3.8, 4) is 5.75 Å². The van der Waals surface area contributed by atoms with Crippen LogP contribution in [0.4, 0.5) is 8.78 Å². The minimum absolute atomic E-state index is 0. The fourth-order valence-electron chi connectivity index (χ4n) is 2.92. The summed E-state index contributed by atoms with van der Waals surface area (Å²) in [6.07, 6.45) is 3.54. The first-order chi connectivity index (χ1) is 13.6. The molecule has 160 valence electrons. The van der Waals surface area contributed by atoms with E-state index in [-0.39, 0.29) is 42.4 Å². The molecule has 0 radical (unpaired) electrons. The number of imidazole rings is 1. The van der Waals surface area contributed by atoms with Gasteiger partial charge in [0, 0.05) is 38.0 Å². The second-order valence-electron chi connectivity index (χ2n) is 6.52. The highest BCUT2D eigenvalue weighted by molar-refractivity contribution is 14.0. The van der Waals surface area contributed by atoms with Crippen molar-refractivity contribution in [3.05, 3.63) is 47.5 Å². The molecule has 0 saturated carbocycles. The van der Waals surface area contributed by atoms with Crippen LogP contribution in [0, 0.1) is 6.92 Å². The molecule has 1 aromatic carbocycles. The predicted molar refractivity (Wildman–Crippen MR) is 117 cm³/mol. The summed E-state index contributed by atoms with van der Waals surface area (Å²) in [7, 11) is 1.62. The second kappa shape index (κ2) is 11.3. The number of rotatable bonds is 7. The Labute approximate surface area is 185 Å². The van der Waals surface area contributed by atoms with Crippen molar-refractivity contribution in [1.82, 2.24) is 20.2 Å². The molecule has 1 aliphatic heterocycles. The van der Waals surface area contributed by atoms with Gasteiger partial charge >= 0.3 is 6.55 Å². The molecule has 0 amide bonds. The molecule has 2 heterocycles. The SMILES string of the molecule is CN=C(NCc1ccc(C)cc1OC1CCOC1)NCc1nccn1C(F)F.I. The predicted octanol–water partition coefficient (Wildman–Crippen LogP) is 3.24. The molecule has 0 aliphatic carbocycles. The van der Waals surface area contributed by atoms with Gasteiger partial charge in [0.1, 0.15) is 17.7 Å². The summed E-state index contributed by atoms with van der Waals surface area (Å²) in [6, 6.07) is 6.03. The Morgan fingerprint density at radius 1 is 1.38 bits per heavy atom. The lowest BCUT2D eigenvalue weighted by atomic mass is 10.1. The van der Waals surface area contributed by atoms with Gasteiger partial charge in [0.2, 0.25) is 0 Å². The van der Waals surface area contributed by atoms with Gasteiger partial charge in [0.15, 0.2) is 5.96 Å². The number of ether oxygens (including phenoxy) is 2. The third kappa shape index (κ3) is 6.53. The van der Waals surface area contributed by atoms with Crippen LogP contribution in [0.15, 0.2) is 35.6 Å². The quantitative estimate of drug-likeness (QED) is 0.333. The van der Waals surface area contributed by atoms with Crippen molar-refractivity contribution in [2.24, 2.45) is 4.99 Å². The third-order valence-electron chi connectivity index (χ3n) is 4.45. The molecule has 2 aromatic rings. The highest BCUT2D eigenvalue weighted by Crippen LogP contribution is 2.23. The molecule has 1 fully saturated rings. The Balaban J connectivity index is 0.00000300. The normalized spacial score (nSPS) is 16.6. The standard InChI is InChI=1S/C19H25F2N5O2.HI/c1-13-3-4-14(16(9-13)28-15-5-8-27-12-15)10-24-19(22-2)25-11-17-23-6-7-26(17)18(20)21;/h3-4,6-7,9,15,18H,5,8,10-12H2,1-2H3,(H2,22,24,25);1H. The molecule has 10 heteroatoms. The summed E-state index contributed by atoms with van der Waals surface area (Å²) in [5.74, 6) is 1.53.